The van der Waals surface area contributed by atoms with Crippen LogP contribution < -0.4 is 10.5 Å². The quantitative estimate of drug-likeness (QED) is 0.420. The average Bonchev–Trinajstić information content (AvgIpc) is 3.39. The van der Waals surface area contributed by atoms with E-state index in [1.807, 2.05) is 49.1 Å². The molecule has 4 heterocycles. The fraction of sp³-hybridized carbons (Fsp3) is 0.360. The summed E-state index contributed by atoms with van der Waals surface area (Å²) in [5, 5.41) is 4.59. The number of carbonyl (C=O) groups excluding carboxylic acids is 1. The molecule has 1 amide bonds. The van der Waals surface area contributed by atoms with Crippen molar-refractivity contribution in [3.8, 4) is 11.4 Å². The number of rotatable bonds is 6. The molecule has 1 aromatic carbocycles. The zero-order valence-electron chi connectivity index (χ0n) is 19.8. The maximum atomic E-state index is 12.8. The van der Waals surface area contributed by atoms with Crippen molar-refractivity contribution in [1.29, 1.82) is 0 Å². The Morgan fingerprint density at radius 2 is 1.86 bits per heavy atom. The molecule has 5 rings (SSSR count). The number of anilines is 1. The van der Waals surface area contributed by atoms with Crippen LogP contribution in [0.1, 0.15) is 32.1 Å². The highest BCUT2D eigenvalue weighted by atomic mass is 16.5. The maximum Gasteiger partial charge on any atom is 0.261 e. The minimum absolute atomic E-state index is 0.0334. The zero-order valence-corrected chi connectivity index (χ0v) is 19.8. The predicted molar refractivity (Wildman–Crippen MR) is 131 cm³/mol. The lowest BCUT2D eigenvalue weighted by atomic mass is 10.2. The topological polar surface area (TPSA) is 110 Å². The molecule has 1 saturated heterocycles. The Morgan fingerprint density at radius 3 is 2.57 bits per heavy atom. The van der Waals surface area contributed by atoms with Gasteiger partial charge in [-0.1, -0.05) is 31.1 Å². The van der Waals surface area contributed by atoms with Crippen LogP contribution in [-0.2, 0) is 11.3 Å². The van der Waals surface area contributed by atoms with Crippen molar-refractivity contribution < 1.29 is 9.32 Å². The zero-order chi connectivity index (χ0) is 24.4. The molecule has 0 spiro atoms. The number of nitrogens with zero attached hydrogens (tertiary/aromatic N) is 7. The first-order valence-corrected chi connectivity index (χ1v) is 11.8. The second-order valence-corrected chi connectivity index (χ2v) is 8.89. The van der Waals surface area contributed by atoms with Crippen LogP contribution in [0.2, 0.25) is 0 Å². The number of piperazine rings is 1. The van der Waals surface area contributed by atoms with Crippen LogP contribution >= 0.6 is 0 Å². The molecule has 180 valence electrons. The van der Waals surface area contributed by atoms with Crippen molar-refractivity contribution in [3.05, 3.63) is 65.2 Å². The van der Waals surface area contributed by atoms with Crippen LogP contribution in [0.5, 0.6) is 0 Å². The summed E-state index contributed by atoms with van der Waals surface area (Å²) in [6.07, 6.45) is 3.52. The number of hydrogen-bond donors (Lipinski definition) is 0. The lowest BCUT2D eigenvalue weighted by Crippen LogP contribution is -2.49. The van der Waals surface area contributed by atoms with Gasteiger partial charge in [-0.25, -0.2) is 9.97 Å². The van der Waals surface area contributed by atoms with Gasteiger partial charge in [0.25, 0.3) is 5.56 Å². The summed E-state index contributed by atoms with van der Waals surface area (Å²) in [4.78, 5) is 42.7. The van der Waals surface area contributed by atoms with Crippen molar-refractivity contribution in [2.45, 2.75) is 32.7 Å². The van der Waals surface area contributed by atoms with Gasteiger partial charge in [-0.05, 0) is 24.3 Å². The normalized spacial score (nSPS) is 14.1. The average molecular weight is 474 g/mol. The number of hydrogen-bond acceptors (Lipinski definition) is 8. The number of fused-ring (bicyclic) bond motifs is 1. The van der Waals surface area contributed by atoms with E-state index < -0.39 is 0 Å². The van der Waals surface area contributed by atoms with Crippen LogP contribution in [0.3, 0.4) is 0 Å². The fourth-order valence-electron chi connectivity index (χ4n) is 4.12. The van der Waals surface area contributed by atoms with E-state index >= 15 is 0 Å². The second kappa shape index (κ2) is 9.65. The molecule has 0 unspecified atom stereocenters. The fourth-order valence-corrected chi connectivity index (χ4v) is 4.12. The molecule has 4 aromatic rings. The molecule has 1 fully saturated rings. The van der Waals surface area contributed by atoms with E-state index in [0.717, 1.165) is 11.4 Å². The first kappa shape index (κ1) is 22.7. The minimum Gasteiger partial charge on any atom is -0.353 e. The molecule has 3 aromatic heterocycles. The van der Waals surface area contributed by atoms with Crippen molar-refractivity contribution in [2.75, 3.05) is 31.1 Å². The van der Waals surface area contributed by atoms with Crippen LogP contribution in [0.15, 0.2) is 58.2 Å². The Labute approximate surface area is 202 Å². The van der Waals surface area contributed by atoms with Gasteiger partial charge in [-0.3, -0.25) is 14.2 Å². The van der Waals surface area contributed by atoms with Gasteiger partial charge in [0.1, 0.15) is 5.82 Å². The van der Waals surface area contributed by atoms with Gasteiger partial charge in [0, 0.05) is 56.8 Å². The lowest BCUT2D eigenvalue weighted by molar-refractivity contribution is -0.131. The van der Waals surface area contributed by atoms with Gasteiger partial charge < -0.3 is 14.3 Å². The maximum absolute atomic E-state index is 12.8. The van der Waals surface area contributed by atoms with E-state index in [9.17, 15) is 9.59 Å². The van der Waals surface area contributed by atoms with Crippen molar-refractivity contribution in [2.24, 2.45) is 0 Å². The van der Waals surface area contributed by atoms with Crippen LogP contribution in [0, 0.1) is 0 Å². The Morgan fingerprint density at radius 1 is 1.06 bits per heavy atom. The Hall–Kier alpha value is -4.08. The SMILES string of the molecule is CC(C)c1nc(-c2ccc(N3CCN(C(=O)CCn4cnc5ccccc5c4=O)CC3)nc2)no1. The highest BCUT2D eigenvalue weighted by molar-refractivity contribution is 5.78. The first-order chi connectivity index (χ1) is 17.0. The molecule has 35 heavy (non-hydrogen) atoms. The van der Waals surface area contributed by atoms with E-state index in [1.165, 1.54) is 10.9 Å². The van der Waals surface area contributed by atoms with Crippen LogP contribution in [0.25, 0.3) is 22.3 Å². The van der Waals surface area contributed by atoms with Gasteiger partial charge >= 0.3 is 0 Å². The Kier molecular flexibility index (Phi) is 6.26. The standard InChI is InChI=1S/C25H27N7O3/c1-17(2)24-28-23(29-35-24)18-7-8-21(26-15-18)30-11-13-31(14-12-30)22(33)9-10-32-16-27-20-6-4-3-5-19(20)25(32)34/h3-8,15-17H,9-14H2,1-2H3. The number of benzene rings is 1. The highest BCUT2D eigenvalue weighted by Gasteiger charge is 2.22. The van der Waals surface area contributed by atoms with Crippen molar-refractivity contribution in [1.82, 2.24) is 29.6 Å². The molecule has 0 N–H and O–H groups in total. The number of aromatic nitrogens is 5. The van der Waals surface area contributed by atoms with Gasteiger partial charge in [0.15, 0.2) is 0 Å². The monoisotopic (exact) mass is 473 g/mol. The van der Waals surface area contributed by atoms with E-state index in [-0.39, 0.29) is 23.8 Å². The number of para-hydroxylation sites is 1. The van der Waals surface area contributed by atoms with Gasteiger partial charge in [0.05, 0.1) is 17.2 Å². The first-order valence-electron chi connectivity index (χ1n) is 11.8. The van der Waals surface area contributed by atoms with Gasteiger partial charge in [-0.2, -0.15) is 4.98 Å². The lowest BCUT2D eigenvalue weighted by Gasteiger charge is -2.35. The van der Waals surface area contributed by atoms with Gasteiger partial charge in [0.2, 0.25) is 17.6 Å². The molecule has 1 aliphatic rings. The van der Waals surface area contributed by atoms with Crippen LogP contribution in [0.4, 0.5) is 5.82 Å². The summed E-state index contributed by atoms with van der Waals surface area (Å²) in [6, 6.07) is 11.1. The highest BCUT2D eigenvalue weighted by Crippen LogP contribution is 2.21. The second-order valence-electron chi connectivity index (χ2n) is 8.89. The molecule has 0 atom stereocenters. The van der Waals surface area contributed by atoms with Crippen molar-refractivity contribution in [3.63, 3.8) is 0 Å². The third-order valence-electron chi connectivity index (χ3n) is 6.20. The molecule has 10 nitrogen and oxygen atoms in total. The third kappa shape index (κ3) is 4.77. The molecule has 10 heteroatoms. The molecule has 0 radical (unpaired) electrons. The molecular weight excluding hydrogens is 446 g/mol. The molecule has 1 aliphatic heterocycles. The number of amides is 1. The summed E-state index contributed by atoms with van der Waals surface area (Å²) in [7, 11) is 0. The smallest absolute Gasteiger partial charge is 0.261 e. The molecule has 0 bridgehead atoms. The van der Waals surface area contributed by atoms with E-state index in [4.69, 9.17) is 4.52 Å². The summed E-state index contributed by atoms with van der Waals surface area (Å²) >= 11 is 0. The van der Waals surface area contributed by atoms with Crippen molar-refractivity contribution >= 4 is 22.6 Å². The summed E-state index contributed by atoms with van der Waals surface area (Å²) in [6.45, 7) is 6.91. The van der Waals surface area contributed by atoms with Gasteiger partial charge in [-0.15, -0.1) is 0 Å². The molecule has 0 saturated carbocycles. The summed E-state index contributed by atoms with van der Waals surface area (Å²) in [5.74, 6) is 2.19. The Balaban J connectivity index is 1.15. The van der Waals surface area contributed by atoms with E-state index in [1.54, 1.807) is 12.3 Å². The third-order valence-corrected chi connectivity index (χ3v) is 6.20. The largest absolute Gasteiger partial charge is 0.353 e. The number of pyridine rings is 1. The predicted octanol–water partition coefficient (Wildman–Crippen LogP) is 2.70. The molecule has 0 aliphatic carbocycles. The van der Waals surface area contributed by atoms with E-state index in [0.29, 0.717) is 55.3 Å². The van der Waals surface area contributed by atoms with Crippen LogP contribution in [-0.4, -0.2) is 61.7 Å². The number of carbonyl (C=O) groups is 1. The minimum atomic E-state index is -0.121. The summed E-state index contributed by atoms with van der Waals surface area (Å²) < 4.78 is 6.79. The Bertz CT molecular complexity index is 1390. The molecular formula is C25H27N7O3. The summed E-state index contributed by atoms with van der Waals surface area (Å²) in [5.41, 5.74) is 1.34. The number of aryl methyl sites for hydroxylation is 1. The van der Waals surface area contributed by atoms with E-state index in [2.05, 4.69) is 25.0 Å².